The van der Waals surface area contributed by atoms with Crippen LogP contribution in [0.1, 0.15) is 22.6 Å². The molecule has 1 unspecified atom stereocenters. The van der Waals surface area contributed by atoms with E-state index in [1.807, 2.05) is 13.0 Å². The van der Waals surface area contributed by atoms with Gasteiger partial charge in [0.2, 0.25) is 5.91 Å². The molecule has 1 fully saturated rings. The number of aromatic nitrogens is 1. The highest BCUT2D eigenvalue weighted by Gasteiger charge is 2.18. The van der Waals surface area contributed by atoms with Gasteiger partial charge in [-0.05, 0) is 18.6 Å². The predicted molar refractivity (Wildman–Crippen MR) is 91.9 cm³/mol. The SMILES string of the molecule is Cc1nc(NC(=O)CC2COCCN2)sc1Cc1ccccc1F. The average Bonchev–Trinajstić information content (AvgIpc) is 2.90. The van der Waals surface area contributed by atoms with Crippen LogP contribution in [0.15, 0.2) is 24.3 Å². The highest BCUT2D eigenvalue weighted by molar-refractivity contribution is 7.15. The number of halogens is 1. The first-order valence-corrected chi connectivity index (χ1v) is 8.74. The van der Waals surface area contributed by atoms with E-state index in [4.69, 9.17) is 4.74 Å². The minimum Gasteiger partial charge on any atom is -0.378 e. The van der Waals surface area contributed by atoms with Crippen LogP contribution in [-0.2, 0) is 16.0 Å². The lowest BCUT2D eigenvalue weighted by molar-refractivity contribution is -0.117. The number of nitrogens with zero attached hydrogens (tertiary/aromatic N) is 1. The van der Waals surface area contributed by atoms with Crippen molar-refractivity contribution in [1.82, 2.24) is 10.3 Å². The third-order valence-corrected chi connectivity index (χ3v) is 4.95. The van der Waals surface area contributed by atoms with Crippen LogP contribution in [0.3, 0.4) is 0 Å². The highest BCUT2D eigenvalue weighted by Crippen LogP contribution is 2.26. The summed E-state index contributed by atoms with van der Waals surface area (Å²) in [6.07, 6.45) is 0.825. The summed E-state index contributed by atoms with van der Waals surface area (Å²) >= 11 is 1.39. The Morgan fingerprint density at radius 3 is 3.08 bits per heavy atom. The van der Waals surface area contributed by atoms with Gasteiger partial charge in [-0.1, -0.05) is 18.2 Å². The first-order chi connectivity index (χ1) is 11.6. The van der Waals surface area contributed by atoms with Gasteiger partial charge < -0.3 is 15.4 Å². The van der Waals surface area contributed by atoms with Gasteiger partial charge in [0.25, 0.3) is 0 Å². The fourth-order valence-corrected chi connectivity index (χ4v) is 3.61. The van der Waals surface area contributed by atoms with Crippen LogP contribution in [0.2, 0.25) is 0 Å². The van der Waals surface area contributed by atoms with E-state index in [2.05, 4.69) is 15.6 Å². The molecule has 128 valence electrons. The minimum absolute atomic E-state index is 0.0395. The van der Waals surface area contributed by atoms with Gasteiger partial charge in [-0.25, -0.2) is 9.37 Å². The molecular formula is C17H20FN3O2S. The molecule has 1 saturated heterocycles. The Balaban J connectivity index is 1.61. The van der Waals surface area contributed by atoms with E-state index < -0.39 is 0 Å². The van der Waals surface area contributed by atoms with Gasteiger partial charge in [0.05, 0.1) is 18.9 Å². The number of nitrogens with one attached hydrogen (secondary N) is 2. The van der Waals surface area contributed by atoms with E-state index in [1.165, 1.54) is 17.4 Å². The summed E-state index contributed by atoms with van der Waals surface area (Å²) in [4.78, 5) is 17.4. The number of carbonyl (C=O) groups is 1. The van der Waals surface area contributed by atoms with Gasteiger partial charge in [-0.2, -0.15) is 0 Å². The van der Waals surface area contributed by atoms with E-state index >= 15 is 0 Å². The maximum absolute atomic E-state index is 13.8. The second-order valence-electron chi connectivity index (χ2n) is 5.77. The first-order valence-electron chi connectivity index (χ1n) is 7.92. The molecule has 0 bridgehead atoms. The number of hydrogen-bond donors (Lipinski definition) is 2. The van der Waals surface area contributed by atoms with Crippen molar-refractivity contribution >= 4 is 22.4 Å². The van der Waals surface area contributed by atoms with Gasteiger partial charge >= 0.3 is 0 Å². The summed E-state index contributed by atoms with van der Waals surface area (Å²) in [5.41, 5.74) is 1.45. The smallest absolute Gasteiger partial charge is 0.227 e. The van der Waals surface area contributed by atoms with Crippen molar-refractivity contribution in [2.24, 2.45) is 0 Å². The zero-order valence-electron chi connectivity index (χ0n) is 13.5. The number of rotatable bonds is 5. The van der Waals surface area contributed by atoms with Crippen molar-refractivity contribution in [2.75, 3.05) is 25.1 Å². The Kier molecular flexibility index (Phi) is 5.55. The van der Waals surface area contributed by atoms with Crippen molar-refractivity contribution in [3.05, 3.63) is 46.2 Å². The summed E-state index contributed by atoms with van der Waals surface area (Å²) in [6.45, 7) is 3.87. The Labute approximate surface area is 144 Å². The normalized spacial score (nSPS) is 17.7. The van der Waals surface area contributed by atoms with Gasteiger partial charge in [0.15, 0.2) is 5.13 Å². The Bertz CT molecular complexity index is 714. The Morgan fingerprint density at radius 1 is 1.50 bits per heavy atom. The maximum Gasteiger partial charge on any atom is 0.227 e. The number of ether oxygens (including phenoxy) is 1. The lowest BCUT2D eigenvalue weighted by atomic mass is 10.1. The molecular weight excluding hydrogens is 329 g/mol. The van der Waals surface area contributed by atoms with E-state index in [9.17, 15) is 9.18 Å². The predicted octanol–water partition coefficient (Wildman–Crippen LogP) is 2.50. The quantitative estimate of drug-likeness (QED) is 0.871. The number of anilines is 1. The van der Waals surface area contributed by atoms with Crippen molar-refractivity contribution in [3.63, 3.8) is 0 Å². The summed E-state index contributed by atoms with van der Waals surface area (Å²) in [5, 5.41) is 6.63. The highest BCUT2D eigenvalue weighted by atomic mass is 32.1. The molecule has 1 aliphatic rings. The van der Waals surface area contributed by atoms with E-state index in [0.29, 0.717) is 36.8 Å². The summed E-state index contributed by atoms with van der Waals surface area (Å²) in [5.74, 6) is -0.316. The van der Waals surface area contributed by atoms with Crippen LogP contribution in [0, 0.1) is 12.7 Å². The lowest BCUT2D eigenvalue weighted by Crippen LogP contribution is -2.43. The van der Waals surface area contributed by atoms with Crippen LogP contribution < -0.4 is 10.6 Å². The minimum atomic E-state index is -0.223. The molecule has 1 aliphatic heterocycles. The number of benzene rings is 1. The maximum atomic E-state index is 13.8. The molecule has 2 N–H and O–H groups in total. The molecule has 5 nitrogen and oxygen atoms in total. The number of morpholine rings is 1. The third-order valence-electron chi connectivity index (χ3n) is 3.88. The largest absolute Gasteiger partial charge is 0.378 e. The zero-order chi connectivity index (χ0) is 16.9. The Morgan fingerprint density at radius 2 is 2.33 bits per heavy atom. The third kappa shape index (κ3) is 4.37. The van der Waals surface area contributed by atoms with E-state index in [1.54, 1.807) is 12.1 Å². The Hall–Kier alpha value is -1.83. The molecule has 1 atom stereocenters. The zero-order valence-corrected chi connectivity index (χ0v) is 14.3. The van der Waals surface area contributed by atoms with Gasteiger partial charge in [-0.3, -0.25) is 4.79 Å². The summed E-state index contributed by atoms with van der Waals surface area (Å²) in [7, 11) is 0. The fourth-order valence-electron chi connectivity index (χ4n) is 2.61. The number of amides is 1. The van der Waals surface area contributed by atoms with Crippen molar-refractivity contribution < 1.29 is 13.9 Å². The molecule has 2 aromatic rings. The van der Waals surface area contributed by atoms with Gasteiger partial charge in [0, 0.05) is 30.3 Å². The first kappa shape index (κ1) is 17.0. The molecule has 0 spiro atoms. The number of thiazole rings is 1. The molecule has 2 heterocycles. The van der Waals surface area contributed by atoms with Crippen molar-refractivity contribution in [2.45, 2.75) is 25.8 Å². The van der Waals surface area contributed by atoms with Crippen LogP contribution in [0.5, 0.6) is 0 Å². The average molecular weight is 349 g/mol. The summed E-state index contributed by atoms with van der Waals surface area (Å²) < 4.78 is 19.1. The number of hydrogen-bond acceptors (Lipinski definition) is 5. The van der Waals surface area contributed by atoms with Crippen LogP contribution >= 0.6 is 11.3 Å². The van der Waals surface area contributed by atoms with E-state index in [0.717, 1.165) is 17.1 Å². The molecule has 1 aromatic carbocycles. The molecule has 0 radical (unpaired) electrons. The second kappa shape index (κ2) is 7.83. The monoisotopic (exact) mass is 349 g/mol. The van der Waals surface area contributed by atoms with Crippen LogP contribution in [0.25, 0.3) is 0 Å². The molecule has 24 heavy (non-hydrogen) atoms. The van der Waals surface area contributed by atoms with Crippen molar-refractivity contribution in [3.8, 4) is 0 Å². The molecule has 0 aliphatic carbocycles. The van der Waals surface area contributed by atoms with Crippen molar-refractivity contribution in [1.29, 1.82) is 0 Å². The molecule has 0 saturated carbocycles. The van der Waals surface area contributed by atoms with Gasteiger partial charge in [-0.15, -0.1) is 11.3 Å². The summed E-state index contributed by atoms with van der Waals surface area (Å²) in [6, 6.07) is 6.75. The van der Waals surface area contributed by atoms with Crippen LogP contribution in [-0.4, -0.2) is 36.7 Å². The van der Waals surface area contributed by atoms with E-state index in [-0.39, 0.29) is 17.8 Å². The van der Waals surface area contributed by atoms with Gasteiger partial charge in [0.1, 0.15) is 5.82 Å². The molecule has 1 aromatic heterocycles. The molecule has 7 heteroatoms. The number of carbonyl (C=O) groups excluding carboxylic acids is 1. The standard InChI is InChI=1S/C17H20FN3O2S/c1-11-15(8-12-4-2-3-5-14(12)18)24-17(20-11)21-16(22)9-13-10-23-7-6-19-13/h2-5,13,19H,6-10H2,1H3,(H,20,21,22). The number of aryl methyl sites for hydroxylation is 1. The molecule has 3 rings (SSSR count). The topological polar surface area (TPSA) is 63.2 Å². The van der Waals surface area contributed by atoms with Crippen LogP contribution in [0.4, 0.5) is 9.52 Å². The lowest BCUT2D eigenvalue weighted by Gasteiger charge is -2.22. The molecule has 1 amide bonds. The second-order valence-corrected chi connectivity index (χ2v) is 6.86. The fraction of sp³-hybridized carbons (Fsp3) is 0.412.